The Kier molecular flexibility index (Phi) is 3.14. The SMILES string of the molecule is CCCN(C)C1=NS(=O)(=O)c2cccc(Cl)c21. The van der Waals surface area contributed by atoms with E-state index in [0.29, 0.717) is 16.4 Å². The molecule has 0 radical (unpaired) electrons. The first-order valence-corrected chi connectivity index (χ1v) is 7.14. The molecule has 2 rings (SSSR count). The quantitative estimate of drug-likeness (QED) is 0.829. The van der Waals surface area contributed by atoms with Crippen LogP contribution >= 0.6 is 11.6 Å². The van der Waals surface area contributed by atoms with E-state index in [0.717, 1.165) is 13.0 Å². The smallest absolute Gasteiger partial charge is 0.285 e. The van der Waals surface area contributed by atoms with Gasteiger partial charge in [-0.15, -0.1) is 4.40 Å². The highest BCUT2D eigenvalue weighted by atomic mass is 35.5. The average molecular weight is 273 g/mol. The molecule has 0 aromatic heterocycles. The first-order chi connectivity index (χ1) is 7.97. The number of sulfonamides is 1. The molecule has 17 heavy (non-hydrogen) atoms. The van der Waals surface area contributed by atoms with Gasteiger partial charge in [-0.2, -0.15) is 8.42 Å². The number of hydrogen-bond donors (Lipinski definition) is 0. The molecule has 0 saturated heterocycles. The topological polar surface area (TPSA) is 49.7 Å². The highest BCUT2D eigenvalue weighted by molar-refractivity contribution is 7.90. The average Bonchev–Trinajstić information content (AvgIpc) is 2.53. The zero-order valence-corrected chi connectivity index (χ0v) is 11.2. The fourth-order valence-electron chi connectivity index (χ4n) is 1.85. The predicted octanol–water partition coefficient (Wildman–Crippen LogP) is 2.13. The van der Waals surface area contributed by atoms with E-state index in [4.69, 9.17) is 11.6 Å². The summed E-state index contributed by atoms with van der Waals surface area (Å²) in [4.78, 5) is 2.01. The van der Waals surface area contributed by atoms with Crippen LogP contribution in [0.15, 0.2) is 27.5 Å². The van der Waals surface area contributed by atoms with Gasteiger partial charge in [0.1, 0.15) is 4.90 Å². The minimum atomic E-state index is -3.58. The fraction of sp³-hybridized carbons (Fsp3) is 0.364. The summed E-state index contributed by atoms with van der Waals surface area (Å²) >= 11 is 6.06. The van der Waals surface area contributed by atoms with E-state index in [1.54, 1.807) is 12.1 Å². The molecule has 0 unspecified atom stereocenters. The van der Waals surface area contributed by atoms with Crippen molar-refractivity contribution in [3.05, 3.63) is 28.8 Å². The number of benzene rings is 1. The lowest BCUT2D eigenvalue weighted by molar-refractivity contribution is 0.503. The van der Waals surface area contributed by atoms with Gasteiger partial charge in [0, 0.05) is 13.6 Å². The second-order valence-electron chi connectivity index (χ2n) is 3.92. The van der Waals surface area contributed by atoms with Gasteiger partial charge in [-0.3, -0.25) is 0 Å². The molecule has 1 aromatic rings. The molecule has 1 aromatic carbocycles. The second-order valence-corrected chi connectivity index (χ2v) is 5.90. The summed E-state index contributed by atoms with van der Waals surface area (Å²) in [5.74, 6) is 0.437. The number of amidine groups is 1. The number of nitrogens with zero attached hydrogens (tertiary/aromatic N) is 2. The zero-order valence-electron chi connectivity index (χ0n) is 9.64. The molecule has 6 heteroatoms. The van der Waals surface area contributed by atoms with Crippen molar-refractivity contribution in [2.45, 2.75) is 18.2 Å². The summed E-state index contributed by atoms with van der Waals surface area (Å²) in [5.41, 5.74) is 0.519. The Bertz CT molecular complexity index is 581. The molecule has 1 aliphatic heterocycles. The van der Waals surface area contributed by atoms with Gasteiger partial charge in [-0.1, -0.05) is 24.6 Å². The van der Waals surface area contributed by atoms with E-state index < -0.39 is 10.0 Å². The number of fused-ring (bicyclic) bond motifs is 1. The van der Waals surface area contributed by atoms with Gasteiger partial charge in [-0.25, -0.2) is 0 Å². The maximum absolute atomic E-state index is 11.9. The van der Waals surface area contributed by atoms with Gasteiger partial charge in [0.25, 0.3) is 10.0 Å². The molecule has 0 N–H and O–H groups in total. The summed E-state index contributed by atoms with van der Waals surface area (Å²) in [6, 6.07) is 4.83. The minimum absolute atomic E-state index is 0.197. The van der Waals surface area contributed by atoms with Crippen LogP contribution in [0.5, 0.6) is 0 Å². The molecule has 1 aliphatic rings. The van der Waals surface area contributed by atoms with Gasteiger partial charge in [0.15, 0.2) is 5.84 Å². The molecule has 92 valence electrons. The first kappa shape index (κ1) is 12.4. The van der Waals surface area contributed by atoms with Crippen molar-refractivity contribution in [3.8, 4) is 0 Å². The maximum Gasteiger partial charge on any atom is 0.285 e. The van der Waals surface area contributed by atoms with Crippen LogP contribution in [0.2, 0.25) is 5.02 Å². The molecule has 0 spiro atoms. The third kappa shape index (κ3) is 2.05. The lowest BCUT2D eigenvalue weighted by Crippen LogP contribution is -2.27. The highest BCUT2D eigenvalue weighted by Gasteiger charge is 2.32. The van der Waals surface area contributed by atoms with Crippen LogP contribution < -0.4 is 0 Å². The van der Waals surface area contributed by atoms with Gasteiger partial charge in [0.05, 0.1) is 10.6 Å². The molecule has 0 bridgehead atoms. The Morgan fingerprint density at radius 2 is 2.12 bits per heavy atom. The van der Waals surface area contributed by atoms with Crippen LogP contribution in [0.3, 0.4) is 0 Å². The Morgan fingerprint density at radius 3 is 2.76 bits per heavy atom. The Hall–Kier alpha value is -1.07. The van der Waals surface area contributed by atoms with Gasteiger partial charge < -0.3 is 4.90 Å². The fourth-order valence-corrected chi connectivity index (χ4v) is 3.43. The van der Waals surface area contributed by atoms with Crippen molar-refractivity contribution < 1.29 is 8.42 Å². The zero-order chi connectivity index (χ0) is 12.6. The standard InChI is InChI=1S/C11H13ClN2O2S/c1-3-7-14(2)11-10-8(12)5-4-6-9(10)17(15,16)13-11/h4-6H,3,7H2,1-2H3. The van der Waals surface area contributed by atoms with E-state index in [1.807, 2.05) is 18.9 Å². The molecular formula is C11H13ClN2O2S. The van der Waals surface area contributed by atoms with Crippen molar-refractivity contribution in [1.29, 1.82) is 0 Å². The van der Waals surface area contributed by atoms with Crippen molar-refractivity contribution in [2.75, 3.05) is 13.6 Å². The maximum atomic E-state index is 11.9. The lowest BCUT2D eigenvalue weighted by atomic mass is 10.2. The summed E-state index contributed by atoms with van der Waals surface area (Å²) in [6.45, 7) is 2.76. The van der Waals surface area contributed by atoms with Gasteiger partial charge in [-0.05, 0) is 18.6 Å². The molecule has 0 atom stereocenters. The van der Waals surface area contributed by atoms with E-state index in [-0.39, 0.29) is 4.90 Å². The molecule has 0 fully saturated rings. The largest absolute Gasteiger partial charge is 0.358 e. The normalized spacial score (nSPS) is 16.5. The Morgan fingerprint density at radius 1 is 1.41 bits per heavy atom. The van der Waals surface area contributed by atoms with Crippen LogP contribution in [0.25, 0.3) is 0 Å². The van der Waals surface area contributed by atoms with E-state index in [9.17, 15) is 8.42 Å². The predicted molar refractivity (Wildman–Crippen MR) is 68.1 cm³/mol. The van der Waals surface area contributed by atoms with Gasteiger partial charge in [0.2, 0.25) is 0 Å². The molecular weight excluding hydrogens is 260 g/mol. The minimum Gasteiger partial charge on any atom is -0.358 e. The van der Waals surface area contributed by atoms with E-state index >= 15 is 0 Å². The van der Waals surface area contributed by atoms with E-state index in [2.05, 4.69) is 4.40 Å². The molecule has 0 aliphatic carbocycles. The van der Waals surface area contributed by atoms with Crippen LogP contribution in [0.4, 0.5) is 0 Å². The molecule has 4 nitrogen and oxygen atoms in total. The highest BCUT2D eigenvalue weighted by Crippen LogP contribution is 2.32. The first-order valence-electron chi connectivity index (χ1n) is 5.32. The summed E-state index contributed by atoms with van der Waals surface area (Å²) in [7, 11) is -1.76. The number of rotatable bonds is 2. The summed E-state index contributed by atoms with van der Waals surface area (Å²) < 4.78 is 27.5. The van der Waals surface area contributed by atoms with Crippen LogP contribution in [-0.2, 0) is 10.0 Å². The number of halogens is 1. The third-order valence-corrected chi connectivity index (χ3v) is 4.23. The lowest BCUT2D eigenvalue weighted by Gasteiger charge is -2.18. The second kappa shape index (κ2) is 4.31. The number of hydrogen-bond acceptors (Lipinski definition) is 3. The van der Waals surface area contributed by atoms with Crippen LogP contribution in [0, 0.1) is 0 Å². The molecule has 0 saturated carbocycles. The van der Waals surface area contributed by atoms with Crippen molar-refractivity contribution in [1.82, 2.24) is 4.90 Å². The third-order valence-electron chi connectivity index (χ3n) is 2.60. The molecule has 0 amide bonds. The Balaban J connectivity index is 2.60. The van der Waals surface area contributed by atoms with Gasteiger partial charge >= 0.3 is 0 Å². The van der Waals surface area contributed by atoms with Crippen molar-refractivity contribution in [2.24, 2.45) is 4.40 Å². The summed E-state index contributed by atoms with van der Waals surface area (Å²) in [6.07, 6.45) is 0.912. The van der Waals surface area contributed by atoms with Crippen LogP contribution in [-0.4, -0.2) is 32.7 Å². The van der Waals surface area contributed by atoms with E-state index in [1.165, 1.54) is 6.07 Å². The summed E-state index contributed by atoms with van der Waals surface area (Å²) in [5, 5.41) is 0.422. The monoisotopic (exact) mass is 272 g/mol. The van der Waals surface area contributed by atoms with Crippen molar-refractivity contribution in [3.63, 3.8) is 0 Å². The van der Waals surface area contributed by atoms with Crippen LogP contribution in [0.1, 0.15) is 18.9 Å². The van der Waals surface area contributed by atoms with Crippen molar-refractivity contribution >= 4 is 27.5 Å². The Labute approximate surface area is 106 Å². The molecule has 1 heterocycles.